The van der Waals surface area contributed by atoms with E-state index in [2.05, 4.69) is 15.4 Å². The third-order valence-electron chi connectivity index (χ3n) is 2.03. The first-order valence-electron chi connectivity index (χ1n) is 4.72. The van der Waals surface area contributed by atoms with E-state index >= 15 is 0 Å². The summed E-state index contributed by atoms with van der Waals surface area (Å²) in [7, 11) is 0. The molecule has 0 saturated heterocycles. The summed E-state index contributed by atoms with van der Waals surface area (Å²) in [6.45, 7) is 0.702. The highest BCUT2D eigenvalue weighted by Crippen LogP contribution is 2.09. The van der Waals surface area contributed by atoms with Crippen molar-refractivity contribution < 1.29 is 0 Å². The Labute approximate surface area is 98.3 Å². The third kappa shape index (κ3) is 2.77. The largest absolute Gasteiger partial charge is 0.376 e. The minimum atomic E-state index is 0.268. The van der Waals surface area contributed by atoms with Crippen LogP contribution in [0.3, 0.4) is 0 Å². The van der Waals surface area contributed by atoms with Gasteiger partial charge in [-0.1, -0.05) is 12.1 Å². The average Bonchev–Trinajstić information content (AvgIpc) is 2.73. The Morgan fingerprint density at radius 1 is 1.38 bits per heavy atom. The number of nitrogens with two attached hydrogens (primary N) is 1. The fraction of sp³-hybridized carbons (Fsp3) is 0.100. The molecule has 1 heterocycles. The number of nitrogens with one attached hydrogen (secondary N) is 1. The van der Waals surface area contributed by atoms with Crippen molar-refractivity contribution in [3.63, 3.8) is 0 Å². The third-order valence-corrected chi connectivity index (χ3v) is 2.13. The number of nitrogens with zero attached hydrogens (tertiary/aromatic N) is 3. The molecular formula is C10H11N5S. The van der Waals surface area contributed by atoms with Crippen LogP contribution < -0.4 is 11.1 Å². The molecule has 0 bridgehead atoms. The summed E-state index contributed by atoms with van der Waals surface area (Å²) in [5.74, 6) is 0. The lowest BCUT2D eigenvalue weighted by Crippen LogP contribution is -2.18. The fourth-order valence-corrected chi connectivity index (χ4v) is 1.46. The van der Waals surface area contributed by atoms with Crippen molar-refractivity contribution in [2.75, 3.05) is 5.32 Å². The predicted octanol–water partition coefficient (Wildman–Crippen LogP) is 0.982. The van der Waals surface area contributed by atoms with Crippen LogP contribution in [-0.2, 0) is 6.54 Å². The lowest BCUT2D eigenvalue weighted by molar-refractivity contribution is 0.685. The Morgan fingerprint density at radius 2 is 2.12 bits per heavy atom. The van der Waals surface area contributed by atoms with Gasteiger partial charge in [-0.2, -0.15) is 5.10 Å². The molecule has 0 aliphatic heterocycles. The number of hydrogen-bond acceptors (Lipinski definition) is 3. The van der Waals surface area contributed by atoms with E-state index in [0.29, 0.717) is 6.54 Å². The molecule has 1 aromatic heterocycles. The van der Waals surface area contributed by atoms with Crippen molar-refractivity contribution in [3.05, 3.63) is 42.5 Å². The SMILES string of the molecule is NC(=S)Nc1ccc(Cn2cncn2)cc1. The summed E-state index contributed by atoms with van der Waals surface area (Å²) in [6.07, 6.45) is 3.20. The second-order valence-corrected chi connectivity index (χ2v) is 3.72. The van der Waals surface area contributed by atoms with E-state index in [1.165, 1.54) is 6.33 Å². The zero-order chi connectivity index (χ0) is 11.4. The quantitative estimate of drug-likeness (QED) is 0.773. The lowest BCUT2D eigenvalue weighted by atomic mass is 10.2. The molecule has 16 heavy (non-hydrogen) atoms. The second kappa shape index (κ2) is 4.71. The van der Waals surface area contributed by atoms with Crippen molar-refractivity contribution in [2.24, 2.45) is 5.73 Å². The minimum absolute atomic E-state index is 0.268. The molecule has 0 radical (unpaired) electrons. The van der Waals surface area contributed by atoms with E-state index in [1.807, 2.05) is 24.3 Å². The number of aromatic nitrogens is 3. The van der Waals surface area contributed by atoms with E-state index in [1.54, 1.807) is 11.0 Å². The van der Waals surface area contributed by atoms with E-state index in [4.69, 9.17) is 18.0 Å². The number of anilines is 1. The zero-order valence-corrected chi connectivity index (χ0v) is 9.31. The van der Waals surface area contributed by atoms with E-state index in [-0.39, 0.29) is 5.11 Å². The summed E-state index contributed by atoms with van der Waals surface area (Å²) in [5, 5.41) is 7.16. The monoisotopic (exact) mass is 233 g/mol. The van der Waals surface area contributed by atoms with Gasteiger partial charge in [0.2, 0.25) is 0 Å². The molecule has 5 nitrogen and oxygen atoms in total. The minimum Gasteiger partial charge on any atom is -0.376 e. The molecule has 0 spiro atoms. The Bertz CT molecular complexity index is 462. The molecule has 0 aliphatic carbocycles. The lowest BCUT2D eigenvalue weighted by Gasteiger charge is -2.05. The Morgan fingerprint density at radius 3 is 2.69 bits per heavy atom. The van der Waals surface area contributed by atoms with Crippen LogP contribution in [0.5, 0.6) is 0 Å². The maximum Gasteiger partial charge on any atom is 0.168 e. The van der Waals surface area contributed by atoms with E-state index < -0.39 is 0 Å². The summed E-state index contributed by atoms with van der Waals surface area (Å²) < 4.78 is 1.76. The number of benzene rings is 1. The smallest absolute Gasteiger partial charge is 0.168 e. The highest BCUT2D eigenvalue weighted by molar-refractivity contribution is 7.80. The summed E-state index contributed by atoms with van der Waals surface area (Å²) in [4.78, 5) is 3.88. The fourth-order valence-electron chi connectivity index (χ4n) is 1.34. The van der Waals surface area contributed by atoms with Crippen molar-refractivity contribution in [2.45, 2.75) is 6.54 Å². The number of rotatable bonds is 3. The molecule has 2 aromatic rings. The van der Waals surface area contributed by atoms with Crippen LogP contribution in [0.2, 0.25) is 0 Å². The van der Waals surface area contributed by atoms with Gasteiger partial charge < -0.3 is 11.1 Å². The van der Waals surface area contributed by atoms with Gasteiger partial charge in [0.25, 0.3) is 0 Å². The topological polar surface area (TPSA) is 68.8 Å². The summed E-state index contributed by atoms with van der Waals surface area (Å²) in [5.41, 5.74) is 7.39. The standard InChI is InChI=1S/C10H11N5S/c11-10(16)14-9-3-1-8(2-4-9)5-15-7-12-6-13-15/h1-4,6-7H,5H2,(H3,11,14,16). The number of hydrogen-bond donors (Lipinski definition) is 2. The first-order valence-corrected chi connectivity index (χ1v) is 5.12. The summed E-state index contributed by atoms with van der Waals surface area (Å²) >= 11 is 4.75. The van der Waals surface area contributed by atoms with Gasteiger partial charge in [-0.3, -0.25) is 0 Å². The van der Waals surface area contributed by atoms with Crippen molar-refractivity contribution in [1.29, 1.82) is 0 Å². The number of thiocarbonyl (C=S) groups is 1. The predicted molar refractivity (Wildman–Crippen MR) is 66.0 cm³/mol. The molecule has 0 amide bonds. The molecule has 0 atom stereocenters. The van der Waals surface area contributed by atoms with Crippen LogP contribution in [0.25, 0.3) is 0 Å². The Balaban J connectivity index is 2.05. The molecule has 1 aromatic carbocycles. The van der Waals surface area contributed by atoms with Crippen LogP contribution >= 0.6 is 12.2 Å². The molecule has 2 rings (SSSR count). The maximum absolute atomic E-state index is 5.37. The van der Waals surface area contributed by atoms with Crippen LogP contribution in [0.1, 0.15) is 5.56 Å². The molecular weight excluding hydrogens is 222 g/mol. The van der Waals surface area contributed by atoms with Crippen molar-refractivity contribution in [3.8, 4) is 0 Å². The highest BCUT2D eigenvalue weighted by atomic mass is 32.1. The van der Waals surface area contributed by atoms with E-state index in [9.17, 15) is 0 Å². The van der Waals surface area contributed by atoms with Crippen LogP contribution in [-0.4, -0.2) is 19.9 Å². The molecule has 0 saturated carbocycles. The van der Waals surface area contributed by atoms with Gasteiger partial charge in [0.1, 0.15) is 12.7 Å². The average molecular weight is 233 g/mol. The molecule has 0 aliphatic rings. The van der Waals surface area contributed by atoms with Crippen LogP contribution in [0, 0.1) is 0 Å². The van der Waals surface area contributed by atoms with Crippen LogP contribution in [0.15, 0.2) is 36.9 Å². The molecule has 6 heteroatoms. The van der Waals surface area contributed by atoms with Crippen molar-refractivity contribution >= 4 is 23.0 Å². The molecule has 0 fully saturated rings. The zero-order valence-electron chi connectivity index (χ0n) is 8.50. The van der Waals surface area contributed by atoms with Gasteiger partial charge in [0.15, 0.2) is 5.11 Å². The van der Waals surface area contributed by atoms with Gasteiger partial charge in [-0.15, -0.1) is 0 Å². The highest BCUT2D eigenvalue weighted by Gasteiger charge is 1.97. The molecule has 3 N–H and O–H groups in total. The molecule has 82 valence electrons. The van der Waals surface area contributed by atoms with Gasteiger partial charge in [-0.25, -0.2) is 9.67 Å². The first-order chi connectivity index (χ1) is 7.74. The van der Waals surface area contributed by atoms with Gasteiger partial charge in [0, 0.05) is 5.69 Å². The van der Waals surface area contributed by atoms with Gasteiger partial charge >= 0.3 is 0 Å². The van der Waals surface area contributed by atoms with Crippen molar-refractivity contribution in [1.82, 2.24) is 14.8 Å². The van der Waals surface area contributed by atoms with Crippen LogP contribution in [0.4, 0.5) is 5.69 Å². The molecule has 0 unspecified atom stereocenters. The van der Waals surface area contributed by atoms with E-state index in [0.717, 1.165) is 11.3 Å². The Kier molecular flexibility index (Phi) is 3.11. The first kappa shape index (κ1) is 10.6. The second-order valence-electron chi connectivity index (χ2n) is 3.28. The Hall–Kier alpha value is -1.95. The van der Waals surface area contributed by atoms with Gasteiger partial charge in [0.05, 0.1) is 6.54 Å². The maximum atomic E-state index is 5.37. The summed E-state index contributed by atoms with van der Waals surface area (Å²) in [6, 6.07) is 7.82. The normalized spacial score (nSPS) is 10.0. The van der Waals surface area contributed by atoms with Gasteiger partial charge in [-0.05, 0) is 29.9 Å².